The van der Waals surface area contributed by atoms with Gasteiger partial charge in [-0.25, -0.2) is 0 Å². The molecule has 2 rings (SSSR count). The Morgan fingerprint density at radius 2 is 2.19 bits per heavy atom. The third-order valence-electron chi connectivity index (χ3n) is 2.23. The predicted molar refractivity (Wildman–Crippen MR) is 65.5 cm³/mol. The van der Waals surface area contributed by atoms with E-state index in [1.54, 1.807) is 23.4 Å². The number of pyridine rings is 1. The van der Waals surface area contributed by atoms with Crippen molar-refractivity contribution in [1.82, 2.24) is 9.88 Å². The largest absolute Gasteiger partial charge is 0.320 e. The molecule has 1 aliphatic heterocycles. The van der Waals surface area contributed by atoms with Crippen molar-refractivity contribution in [3.05, 3.63) is 49.4 Å². The molecule has 0 aliphatic carbocycles. The molecule has 0 radical (unpaired) electrons. The third-order valence-corrected chi connectivity index (χ3v) is 2.23. The Hall–Kier alpha value is -1.90. The first kappa shape index (κ1) is 12.2. The maximum Gasteiger partial charge on any atom is 0.226 e. The van der Waals surface area contributed by atoms with E-state index in [0.29, 0.717) is 6.42 Å². The number of aromatic nitrogens is 1. The van der Waals surface area contributed by atoms with E-state index in [9.17, 15) is 4.79 Å². The molecule has 16 heavy (non-hydrogen) atoms. The maximum absolute atomic E-state index is 10.7. The van der Waals surface area contributed by atoms with Crippen LogP contribution in [0.2, 0.25) is 0 Å². The van der Waals surface area contributed by atoms with Crippen molar-refractivity contribution in [3.8, 4) is 0 Å². The second kappa shape index (κ2) is 6.56. The molecule has 1 aromatic heterocycles. The van der Waals surface area contributed by atoms with Gasteiger partial charge in [0.1, 0.15) is 0 Å². The normalized spacial score (nSPS) is 14.0. The van der Waals surface area contributed by atoms with E-state index in [2.05, 4.69) is 18.1 Å². The van der Waals surface area contributed by atoms with Crippen molar-refractivity contribution in [1.29, 1.82) is 0 Å². The van der Waals surface area contributed by atoms with Gasteiger partial charge < -0.3 is 4.90 Å². The minimum Gasteiger partial charge on any atom is -0.320 e. The van der Waals surface area contributed by atoms with Gasteiger partial charge in [0.15, 0.2) is 0 Å². The van der Waals surface area contributed by atoms with Crippen molar-refractivity contribution in [2.45, 2.75) is 12.8 Å². The van der Waals surface area contributed by atoms with Crippen LogP contribution in [0.4, 0.5) is 0 Å². The van der Waals surface area contributed by atoms with Gasteiger partial charge in [0.25, 0.3) is 0 Å². The molecule has 84 valence electrons. The monoisotopic (exact) mass is 216 g/mol. The van der Waals surface area contributed by atoms with Crippen LogP contribution in [0.25, 0.3) is 6.08 Å². The average molecular weight is 216 g/mol. The Morgan fingerprint density at radius 3 is 2.50 bits per heavy atom. The van der Waals surface area contributed by atoms with Crippen LogP contribution in [0.5, 0.6) is 0 Å². The molecule has 1 fully saturated rings. The Bertz CT molecular complexity index is 359. The smallest absolute Gasteiger partial charge is 0.226 e. The first-order valence-electron chi connectivity index (χ1n) is 5.23. The zero-order valence-electron chi connectivity index (χ0n) is 9.30. The fraction of sp³-hybridized carbons (Fsp3) is 0.231. The minimum absolute atomic E-state index is 0.208. The standard InChI is InChI=1S/C7H7N.C6H9NO/c1-2-7-5-3-4-6-8-7;1-2-7-5-3-4-6(7)8/h2-6H,1H2;2H,1,3-5H2. The molecule has 0 atom stereocenters. The summed E-state index contributed by atoms with van der Waals surface area (Å²) in [5.41, 5.74) is 0.924. The fourth-order valence-electron chi connectivity index (χ4n) is 1.36. The lowest BCUT2D eigenvalue weighted by Crippen LogP contribution is -2.16. The number of carbonyl (C=O) groups excluding carboxylic acids is 1. The molecule has 1 amide bonds. The van der Waals surface area contributed by atoms with E-state index >= 15 is 0 Å². The molecule has 1 saturated heterocycles. The van der Waals surface area contributed by atoms with Gasteiger partial charge in [-0.2, -0.15) is 0 Å². The highest BCUT2D eigenvalue weighted by atomic mass is 16.2. The van der Waals surface area contributed by atoms with Gasteiger partial charge in [0, 0.05) is 19.2 Å². The lowest BCUT2D eigenvalue weighted by atomic mass is 10.4. The van der Waals surface area contributed by atoms with Crippen molar-refractivity contribution in [3.63, 3.8) is 0 Å². The number of rotatable bonds is 2. The molecule has 0 spiro atoms. The SMILES string of the molecule is C=CN1CCCC1=O.C=Cc1ccccn1. The molecule has 0 N–H and O–H groups in total. The minimum atomic E-state index is 0.208. The van der Waals surface area contributed by atoms with Crippen molar-refractivity contribution >= 4 is 12.0 Å². The van der Waals surface area contributed by atoms with E-state index in [-0.39, 0.29) is 5.91 Å². The molecule has 2 heterocycles. The molecular formula is C13H16N2O. The quantitative estimate of drug-likeness (QED) is 0.761. The molecule has 1 aliphatic rings. The molecule has 0 saturated carbocycles. The predicted octanol–water partition coefficient (Wildman–Crippen LogP) is 2.48. The average Bonchev–Trinajstić information content (AvgIpc) is 2.76. The van der Waals surface area contributed by atoms with E-state index in [1.807, 2.05) is 18.2 Å². The van der Waals surface area contributed by atoms with Crippen LogP contribution in [0.3, 0.4) is 0 Å². The van der Waals surface area contributed by atoms with E-state index < -0.39 is 0 Å². The van der Waals surface area contributed by atoms with Crippen molar-refractivity contribution in [2.24, 2.45) is 0 Å². The lowest BCUT2D eigenvalue weighted by Gasteiger charge is -2.05. The van der Waals surface area contributed by atoms with E-state index in [4.69, 9.17) is 0 Å². The summed E-state index contributed by atoms with van der Waals surface area (Å²) in [5.74, 6) is 0.208. The van der Waals surface area contributed by atoms with Gasteiger partial charge in [0.05, 0.1) is 5.69 Å². The summed E-state index contributed by atoms with van der Waals surface area (Å²) in [6.07, 6.45) is 6.75. The van der Waals surface area contributed by atoms with Crippen LogP contribution in [-0.2, 0) is 4.79 Å². The van der Waals surface area contributed by atoms with Crippen LogP contribution >= 0.6 is 0 Å². The fourth-order valence-corrected chi connectivity index (χ4v) is 1.36. The first-order valence-corrected chi connectivity index (χ1v) is 5.23. The number of hydrogen-bond acceptors (Lipinski definition) is 2. The number of nitrogens with zero attached hydrogens (tertiary/aromatic N) is 2. The summed E-state index contributed by atoms with van der Waals surface area (Å²) in [7, 11) is 0. The highest BCUT2D eigenvalue weighted by molar-refractivity contribution is 5.78. The first-order chi connectivity index (χ1) is 7.77. The van der Waals surface area contributed by atoms with Crippen molar-refractivity contribution in [2.75, 3.05) is 6.54 Å². The van der Waals surface area contributed by atoms with Gasteiger partial charge in [-0.1, -0.05) is 19.2 Å². The summed E-state index contributed by atoms with van der Waals surface area (Å²) in [5, 5.41) is 0. The van der Waals surface area contributed by atoms with Crippen LogP contribution in [0, 0.1) is 0 Å². The summed E-state index contributed by atoms with van der Waals surface area (Å²) >= 11 is 0. The van der Waals surface area contributed by atoms with Crippen LogP contribution in [0.1, 0.15) is 18.5 Å². The number of hydrogen-bond donors (Lipinski definition) is 0. The van der Waals surface area contributed by atoms with Crippen molar-refractivity contribution < 1.29 is 4.79 Å². The number of carbonyl (C=O) groups is 1. The molecule has 0 aromatic carbocycles. The van der Waals surface area contributed by atoms with Gasteiger partial charge >= 0.3 is 0 Å². The molecular weight excluding hydrogens is 200 g/mol. The second-order valence-corrected chi connectivity index (χ2v) is 3.33. The van der Waals surface area contributed by atoms with Gasteiger partial charge in [0.2, 0.25) is 5.91 Å². The Balaban J connectivity index is 0.000000160. The zero-order valence-corrected chi connectivity index (χ0v) is 9.30. The summed E-state index contributed by atoms with van der Waals surface area (Å²) < 4.78 is 0. The number of likely N-dealkylation sites (tertiary alicyclic amines) is 1. The summed E-state index contributed by atoms with van der Waals surface area (Å²) in [4.78, 5) is 16.3. The Labute approximate surface area is 96.1 Å². The molecule has 1 aromatic rings. The third kappa shape index (κ3) is 3.69. The molecule has 0 bridgehead atoms. The summed E-state index contributed by atoms with van der Waals surface area (Å²) in [6.45, 7) is 7.93. The highest BCUT2D eigenvalue weighted by Gasteiger charge is 2.15. The van der Waals surface area contributed by atoms with E-state index in [0.717, 1.165) is 18.7 Å². The van der Waals surface area contributed by atoms with Crippen LogP contribution < -0.4 is 0 Å². The van der Waals surface area contributed by atoms with Gasteiger partial charge in [-0.05, 0) is 30.8 Å². The maximum atomic E-state index is 10.7. The van der Waals surface area contributed by atoms with Crippen LogP contribution in [0.15, 0.2) is 43.8 Å². The van der Waals surface area contributed by atoms with E-state index in [1.165, 1.54) is 0 Å². The van der Waals surface area contributed by atoms with Crippen LogP contribution in [-0.4, -0.2) is 22.3 Å². The number of amides is 1. The lowest BCUT2D eigenvalue weighted by molar-refractivity contribution is -0.125. The molecule has 3 heteroatoms. The van der Waals surface area contributed by atoms with Gasteiger partial charge in [-0.3, -0.25) is 9.78 Å². The highest BCUT2D eigenvalue weighted by Crippen LogP contribution is 2.08. The topological polar surface area (TPSA) is 33.2 Å². The molecule has 3 nitrogen and oxygen atoms in total. The second-order valence-electron chi connectivity index (χ2n) is 3.33. The Morgan fingerprint density at radius 1 is 1.38 bits per heavy atom. The zero-order chi connectivity index (χ0) is 11.8. The summed E-state index contributed by atoms with van der Waals surface area (Å²) in [6, 6.07) is 5.73. The molecule has 0 unspecified atom stereocenters. The Kier molecular flexibility index (Phi) is 4.99. The van der Waals surface area contributed by atoms with Gasteiger partial charge in [-0.15, -0.1) is 0 Å².